The van der Waals surface area contributed by atoms with Crippen LogP contribution < -0.4 is 10.1 Å². The fourth-order valence-corrected chi connectivity index (χ4v) is 3.33. The van der Waals surface area contributed by atoms with Gasteiger partial charge in [-0.25, -0.2) is 0 Å². The third kappa shape index (κ3) is 7.00. The summed E-state index contributed by atoms with van der Waals surface area (Å²) in [6.07, 6.45) is 0.818. The molecule has 1 N–H and O–H groups in total. The van der Waals surface area contributed by atoms with Gasteiger partial charge in [0.2, 0.25) is 5.91 Å². The lowest BCUT2D eigenvalue weighted by Crippen LogP contribution is -2.50. The van der Waals surface area contributed by atoms with Gasteiger partial charge in [-0.3, -0.25) is 9.59 Å². The van der Waals surface area contributed by atoms with Crippen molar-refractivity contribution in [1.29, 1.82) is 0 Å². The quantitative estimate of drug-likeness (QED) is 0.593. The summed E-state index contributed by atoms with van der Waals surface area (Å²) in [6.45, 7) is 11.8. The molecule has 0 heterocycles. The summed E-state index contributed by atoms with van der Waals surface area (Å²) in [5, 5.41) is 3.59. The molecule has 2 aromatic carbocycles. The number of aryl methyl sites for hydroxylation is 2. The predicted molar refractivity (Wildman–Crippen MR) is 126 cm³/mol. The van der Waals surface area contributed by atoms with E-state index in [-0.39, 0.29) is 24.5 Å². The van der Waals surface area contributed by atoms with Crippen molar-refractivity contribution in [3.05, 3.63) is 63.7 Å². The van der Waals surface area contributed by atoms with Crippen LogP contribution in [0.3, 0.4) is 0 Å². The van der Waals surface area contributed by atoms with Crippen LogP contribution in [0.5, 0.6) is 5.75 Å². The first-order valence-corrected chi connectivity index (χ1v) is 11.0. The van der Waals surface area contributed by atoms with Gasteiger partial charge in [-0.05, 0) is 81.5 Å². The summed E-state index contributed by atoms with van der Waals surface area (Å²) in [4.78, 5) is 27.5. The summed E-state index contributed by atoms with van der Waals surface area (Å²) in [7, 11) is 0. The van der Waals surface area contributed by atoms with Crippen LogP contribution in [-0.2, 0) is 16.1 Å². The lowest BCUT2D eigenvalue weighted by Gasteiger charge is -2.29. The van der Waals surface area contributed by atoms with Crippen LogP contribution in [0.1, 0.15) is 49.4 Å². The second-order valence-corrected chi connectivity index (χ2v) is 8.57. The number of hydrogen-bond acceptors (Lipinski definition) is 3. The molecule has 0 fully saturated rings. The molecule has 0 unspecified atom stereocenters. The summed E-state index contributed by atoms with van der Waals surface area (Å²) < 4.78 is 5.89. The molecule has 31 heavy (non-hydrogen) atoms. The predicted octanol–water partition coefficient (Wildman–Crippen LogP) is 4.98. The van der Waals surface area contributed by atoms with E-state index in [1.165, 1.54) is 0 Å². The first-order chi connectivity index (χ1) is 14.6. The molecule has 168 valence electrons. The molecule has 0 bridgehead atoms. The molecule has 6 heteroatoms. The average Bonchev–Trinajstić information content (AvgIpc) is 2.73. The van der Waals surface area contributed by atoms with Crippen molar-refractivity contribution in [2.75, 3.05) is 6.61 Å². The lowest BCUT2D eigenvalue weighted by molar-refractivity contribution is -0.142. The number of ether oxygens (including phenoxy) is 1. The van der Waals surface area contributed by atoms with Crippen molar-refractivity contribution >= 4 is 23.4 Å². The van der Waals surface area contributed by atoms with E-state index in [1.807, 2.05) is 52.8 Å². The summed E-state index contributed by atoms with van der Waals surface area (Å²) >= 11 is 5.99. The molecule has 0 aromatic heterocycles. The van der Waals surface area contributed by atoms with Crippen LogP contribution in [0.25, 0.3) is 0 Å². The van der Waals surface area contributed by atoms with Gasteiger partial charge in [0.1, 0.15) is 11.8 Å². The van der Waals surface area contributed by atoms with Gasteiger partial charge in [-0.15, -0.1) is 0 Å². The van der Waals surface area contributed by atoms with Crippen molar-refractivity contribution in [2.45, 2.75) is 66.6 Å². The zero-order chi connectivity index (χ0) is 23.1. The minimum absolute atomic E-state index is 0.0385. The molecule has 0 aliphatic rings. The van der Waals surface area contributed by atoms with Gasteiger partial charge < -0.3 is 15.0 Å². The Hall–Kier alpha value is -2.53. The van der Waals surface area contributed by atoms with Crippen molar-refractivity contribution in [3.63, 3.8) is 0 Å². The number of benzene rings is 2. The number of carbonyl (C=O) groups excluding carboxylic acids is 2. The van der Waals surface area contributed by atoms with Gasteiger partial charge in [0, 0.05) is 17.6 Å². The number of carbonyl (C=O) groups is 2. The van der Waals surface area contributed by atoms with E-state index in [4.69, 9.17) is 16.3 Å². The molecule has 2 amide bonds. The van der Waals surface area contributed by atoms with E-state index < -0.39 is 6.04 Å². The molecular formula is C25H33ClN2O3. The Labute approximate surface area is 190 Å². The normalized spacial score (nSPS) is 12.7. The van der Waals surface area contributed by atoms with E-state index in [2.05, 4.69) is 11.4 Å². The minimum atomic E-state index is -0.638. The highest BCUT2D eigenvalue weighted by Gasteiger charge is 2.27. The van der Waals surface area contributed by atoms with E-state index in [0.29, 0.717) is 17.3 Å². The number of nitrogens with zero attached hydrogens (tertiary/aromatic N) is 1. The molecule has 0 saturated heterocycles. The average molecular weight is 445 g/mol. The highest BCUT2D eigenvalue weighted by molar-refractivity contribution is 6.30. The smallest absolute Gasteiger partial charge is 0.261 e. The van der Waals surface area contributed by atoms with Crippen LogP contribution in [0.4, 0.5) is 0 Å². The van der Waals surface area contributed by atoms with E-state index >= 15 is 0 Å². The van der Waals surface area contributed by atoms with Gasteiger partial charge in [0.25, 0.3) is 5.91 Å². The molecule has 0 aliphatic heterocycles. The lowest BCUT2D eigenvalue weighted by atomic mass is 10.1. The molecule has 5 nitrogen and oxygen atoms in total. The topological polar surface area (TPSA) is 58.6 Å². The molecule has 0 saturated carbocycles. The van der Waals surface area contributed by atoms with Gasteiger partial charge in [-0.1, -0.05) is 36.7 Å². The van der Waals surface area contributed by atoms with Crippen molar-refractivity contribution in [1.82, 2.24) is 10.2 Å². The largest absolute Gasteiger partial charge is 0.483 e. The second kappa shape index (κ2) is 11.2. The highest BCUT2D eigenvalue weighted by Crippen LogP contribution is 2.23. The first-order valence-electron chi connectivity index (χ1n) is 10.7. The van der Waals surface area contributed by atoms with Gasteiger partial charge in [0.05, 0.1) is 0 Å². The zero-order valence-corrected chi connectivity index (χ0v) is 20.0. The molecule has 2 rings (SSSR count). The number of halogens is 1. The van der Waals surface area contributed by atoms with Gasteiger partial charge >= 0.3 is 0 Å². The van der Waals surface area contributed by atoms with E-state index in [9.17, 15) is 9.59 Å². The third-order valence-corrected chi connectivity index (χ3v) is 5.80. The SMILES string of the molecule is CC[C@H](C)NC(=O)[C@@H](C)N(Cc1ccc(Cl)cc1)C(=O)COc1cc(C)cc(C)c1C. The number of rotatable bonds is 9. The van der Waals surface area contributed by atoms with Crippen LogP contribution in [0.2, 0.25) is 5.02 Å². The fourth-order valence-electron chi connectivity index (χ4n) is 3.21. The maximum atomic E-state index is 13.2. The Morgan fingerprint density at radius 1 is 1.10 bits per heavy atom. The zero-order valence-electron chi connectivity index (χ0n) is 19.3. The Kier molecular flexibility index (Phi) is 8.93. The fraction of sp³-hybridized carbons (Fsp3) is 0.440. The second-order valence-electron chi connectivity index (χ2n) is 8.14. The third-order valence-electron chi connectivity index (χ3n) is 5.55. The maximum Gasteiger partial charge on any atom is 0.261 e. The summed E-state index contributed by atoms with van der Waals surface area (Å²) in [5.41, 5.74) is 4.08. The van der Waals surface area contributed by atoms with Crippen molar-refractivity contribution < 1.29 is 14.3 Å². The first kappa shape index (κ1) is 24.7. The molecule has 2 atom stereocenters. The molecule has 0 spiro atoms. The van der Waals surface area contributed by atoms with Crippen molar-refractivity contribution in [3.8, 4) is 5.75 Å². The van der Waals surface area contributed by atoms with E-state index in [1.54, 1.807) is 24.0 Å². The van der Waals surface area contributed by atoms with Crippen LogP contribution >= 0.6 is 11.6 Å². The standard InChI is InChI=1S/C25H33ClN2O3/c1-7-18(4)27-25(30)20(6)28(14-21-8-10-22(26)11-9-21)24(29)15-31-23-13-16(2)12-17(3)19(23)5/h8-13,18,20H,7,14-15H2,1-6H3,(H,27,30)/t18-,20+/m0/s1. The van der Waals surface area contributed by atoms with Gasteiger partial charge in [0.15, 0.2) is 6.61 Å². The van der Waals surface area contributed by atoms with Crippen LogP contribution in [0, 0.1) is 20.8 Å². The van der Waals surface area contributed by atoms with Crippen molar-refractivity contribution in [2.24, 2.45) is 0 Å². The minimum Gasteiger partial charge on any atom is -0.483 e. The number of hydrogen-bond donors (Lipinski definition) is 1. The maximum absolute atomic E-state index is 13.2. The number of nitrogens with one attached hydrogen (secondary N) is 1. The Bertz CT molecular complexity index is 912. The molecule has 0 aliphatic carbocycles. The Morgan fingerprint density at radius 2 is 1.74 bits per heavy atom. The van der Waals surface area contributed by atoms with Gasteiger partial charge in [-0.2, -0.15) is 0 Å². The van der Waals surface area contributed by atoms with Crippen LogP contribution in [-0.4, -0.2) is 35.4 Å². The Balaban J connectivity index is 2.20. The monoisotopic (exact) mass is 444 g/mol. The molecule has 0 radical (unpaired) electrons. The number of amides is 2. The highest BCUT2D eigenvalue weighted by atomic mass is 35.5. The summed E-state index contributed by atoms with van der Waals surface area (Å²) in [6, 6.07) is 10.7. The van der Waals surface area contributed by atoms with E-state index in [0.717, 1.165) is 28.7 Å². The summed E-state index contributed by atoms with van der Waals surface area (Å²) in [5.74, 6) is 0.258. The molecular weight excluding hydrogens is 412 g/mol. The van der Waals surface area contributed by atoms with Crippen LogP contribution in [0.15, 0.2) is 36.4 Å². The molecule has 2 aromatic rings. The Morgan fingerprint density at radius 3 is 2.35 bits per heavy atom.